The summed E-state index contributed by atoms with van der Waals surface area (Å²) in [6, 6.07) is 7.52. The van der Waals surface area contributed by atoms with Crippen LogP contribution in [0.3, 0.4) is 0 Å². The standard InChI is InChI=1S/C21H18N4O4/c26-12-17-15-9-13(4-5-18(15)25(23-17)20-3-1-2-8-29-20)16-10-22-11-19-14(16)6-7-24(19)21(27)28/h4-7,9-12,20H,1-3,8H2,(H,27,28). The number of benzene rings is 1. The topological polar surface area (TPSA) is 99.2 Å². The maximum atomic E-state index is 11.7. The highest BCUT2D eigenvalue weighted by Crippen LogP contribution is 2.33. The fraction of sp³-hybridized carbons (Fsp3) is 0.238. The maximum absolute atomic E-state index is 11.7. The lowest BCUT2D eigenvalue weighted by Crippen LogP contribution is -2.19. The molecule has 0 spiro atoms. The van der Waals surface area contributed by atoms with Crippen molar-refractivity contribution in [3.8, 4) is 11.1 Å². The Bertz CT molecular complexity index is 1250. The molecule has 0 amide bonds. The third kappa shape index (κ3) is 2.80. The molecule has 3 aromatic heterocycles. The van der Waals surface area contributed by atoms with Crippen LogP contribution >= 0.6 is 0 Å². The van der Waals surface area contributed by atoms with Crippen molar-refractivity contribution >= 4 is 34.2 Å². The van der Waals surface area contributed by atoms with E-state index in [2.05, 4.69) is 10.1 Å². The van der Waals surface area contributed by atoms with E-state index in [4.69, 9.17) is 4.74 Å². The second-order valence-electron chi connectivity index (χ2n) is 7.09. The number of hydrogen-bond donors (Lipinski definition) is 1. The second kappa shape index (κ2) is 6.82. The first-order chi connectivity index (χ1) is 14.2. The zero-order valence-corrected chi connectivity index (χ0v) is 15.5. The SMILES string of the molecule is O=Cc1nn(C2CCCCO2)c2ccc(-c3cncc4c3ccn4C(=O)O)cc12. The first kappa shape index (κ1) is 17.6. The van der Waals surface area contributed by atoms with E-state index in [1.165, 1.54) is 12.4 Å². The average molecular weight is 390 g/mol. The van der Waals surface area contributed by atoms with Gasteiger partial charge in [0.25, 0.3) is 0 Å². The maximum Gasteiger partial charge on any atom is 0.416 e. The van der Waals surface area contributed by atoms with E-state index in [1.807, 2.05) is 18.2 Å². The molecular formula is C21H18N4O4. The summed E-state index contributed by atoms with van der Waals surface area (Å²) in [6.07, 6.45) is 7.22. The molecule has 0 aliphatic carbocycles. The van der Waals surface area contributed by atoms with Gasteiger partial charge in [0.05, 0.1) is 17.2 Å². The van der Waals surface area contributed by atoms with Gasteiger partial charge in [-0.3, -0.25) is 14.3 Å². The molecule has 29 heavy (non-hydrogen) atoms. The smallest absolute Gasteiger partial charge is 0.416 e. The number of aldehydes is 1. The van der Waals surface area contributed by atoms with Crippen molar-refractivity contribution in [2.24, 2.45) is 0 Å². The van der Waals surface area contributed by atoms with Crippen LogP contribution in [-0.4, -0.2) is 43.4 Å². The molecular weight excluding hydrogens is 372 g/mol. The minimum atomic E-state index is -1.06. The fourth-order valence-corrected chi connectivity index (χ4v) is 4.01. The van der Waals surface area contributed by atoms with Crippen LogP contribution < -0.4 is 0 Å². The summed E-state index contributed by atoms with van der Waals surface area (Å²) in [5, 5.41) is 15.3. The molecule has 0 bridgehead atoms. The Morgan fingerprint density at radius 3 is 2.83 bits per heavy atom. The molecule has 8 heteroatoms. The Balaban J connectivity index is 1.67. The molecule has 0 radical (unpaired) electrons. The molecule has 1 unspecified atom stereocenters. The Morgan fingerprint density at radius 2 is 2.07 bits per heavy atom. The zero-order chi connectivity index (χ0) is 20.0. The Hall–Kier alpha value is -3.52. The molecule has 5 rings (SSSR count). The van der Waals surface area contributed by atoms with Gasteiger partial charge in [0.15, 0.2) is 12.5 Å². The second-order valence-corrected chi connectivity index (χ2v) is 7.09. The molecule has 1 aliphatic rings. The van der Waals surface area contributed by atoms with Crippen molar-refractivity contribution in [2.45, 2.75) is 25.5 Å². The number of pyridine rings is 1. The van der Waals surface area contributed by atoms with Crippen molar-refractivity contribution in [2.75, 3.05) is 6.61 Å². The molecule has 1 atom stereocenters. The molecule has 1 aromatic carbocycles. The molecule has 146 valence electrons. The molecule has 1 N–H and O–H groups in total. The Morgan fingerprint density at radius 1 is 1.17 bits per heavy atom. The number of nitrogens with zero attached hydrogens (tertiary/aromatic N) is 4. The van der Waals surface area contributed by atoms with Crippen LogP contribution in [-0.2, 0) is 4.74 Å². The molecule has 0 saturated carbocycles. The number of carboxylic acid groups (broad SMARTS) is 1. The van der Waals surface area contributed by atoms with E-state index in [-0.39, 0.29) is 6.23 Å². The van der Waals surface area contributed by atoms with Gasteiger partial charge in [-0.1, -0.05) is 6.07 Å². The molecule has 4 heterocycles. The van der Waals surface area contributed by atoms with Gasteiger partial charge in [0, 0.05) is 35.3 Å². The number of rotatable bonds is 3. The van der Waals surface area contributed by atoms with Gasteiger partial charge in [-0.15, -0.1) is 0 Å². The van der Waals surface area contributed by atoms with Crippen molar-refractivity contribution in [3.63, 3.8) is 0 Å². The van der Waals surface area contributed by atoms with Crippen LogP contribution in [0.1, 0.15) is 36.0 Å². The van der Waals surface area contributed by atoms with E-state index < -0.39 is 6.09 Å². The van der Waals surface area contributed by atoms with Gasteiger partial charge in [-0.25, -0.2) is 9.48 Å². The third-order valence-electron chi connectivity index (χ3n) is 5.41. The van der Waals surface area contributed by atoms with E-state index >= 15 is 0 Å². The van der Waals surface area contributed by atoms with Crippen LogP contribution in [0, 0.1) is 0 Å². The Labute approximate surface area is 165 Å². The zero-order valence-electron chi connectivity index (χ0n) is 15.5. The predicted molar refractivity (Wildman–Crippen MR) is 106 cm³/mol. The number of hydrogen-bond acceptors (Lipinski definition) is 5. The van der Waals surface area contributed by atoms with Crippen molar-refractivity contribution in [1.82, 2.24) is 19.3 Å². The molecule has 8 nitrogen and oxygen atoms in total. The average Bonchev–Trinajstić information content (AvgIpc) is 3.35. The van der Waals surface area contributed by atoms with E-state index in [1.54, 1.807) is 16.9 Å². The summed E-state index contributed by atoms with van der Waals surface area (Å²) in [6.45, 7) is 0.689. The largest absolute Gasteiger partial charge is 0.464 e. The van der Waals surface area contributed by atoms with E-state index in [0.29, 0.717) is 17.8 Å². The highest BCUT2D eigenvalue weighted by Gasteiger charge is 2.21. The van der Waals surface area contributed by atoms with Gasteiger partial charge in [-0.05, 0) is 43.0 Å². The molecule has 1 fully saturated rings. The van der Waals surface area contributed by atoms with Crippen LogP contribution in [0.2, 0.25) is 0 Å². The summed E-state index contributed by atoms with van der Waals surface area (Å²) in [7, 11) is 0. The number of carbonyl (C=O) groups excluding carboxylic acids is 1. The van der Waals surface area contributed by atoms with Crippen LogP contribution in [0.5, 0.6) is 0 Å². The first-order valence-electron chi connectivity index (χ1n) is 9.45. The number of ether oxygens (including phenoxy) is 1. The lowest BCUT2D eigenvalue weighted by molar-refractivity contribution is -0.0367. The van der Waals surface area contributed by atoms with E-state index in [9.17, 15) is 14.7 Å². The first-order valence-corrected chi connectivity index (χ1v) is 9.45. The highest BCUT2D eigenvalue weighted by atomic mass is 16.5. The third-order valence-corrected chi connectivity index (χ3v) is 5.41. The molecule has 4 aromatic rings. The summed E-state index contributed by atoms with van der Waals surface area (Å²) in [4.78, 5) is 27.3. The minimum absolute atomic E-state index is 0.166. The van der Waals surface area contributed by atoms with Gasteiger partial charge in [-0.2, -0.15) is 5.10 Å². The lowest BCUT2D eigenvalue weighted by Gasteiger charge is -2.23. The quantitative estimate of drug-likeness (QED) is 0.529. The molecule has 1 aliphatic heterocycles. The summed E-state index contributed by atoms with van der Waals surface area (Å²) < 4.78 is 8.78. The predicted octanol–water partition coefficient (Wildman–Crippen LogP) is 4.09. The van der Waals surface area contributed by atoms with Gasteiger partial charge in [0.1, 0.15) is 5.69 Å². The van der Waals surface area contributed by atoms with E-state index in [0.717, 1.165) is 57.5 Å². The lowest BCUT2D eigenvalue weighted by atomic mass is 10.0. The number of carbonyl (C=O) groups is 2. The van der Waals surface area contributed by atoms with Crippen LogP contribution in [0.25, 0.3) is 32.9 Å². The number of aromatic nitrogens is 4. The van der Waals surface area contributed by atoms with Gasteiger partial charge in [0.2, 0.25) is 0 Å². The van der Waals surface area contributed by atoms with Gasteiger partial charge < -0.3 is 9.84 Å². The highest BCUT2D eigenvalue weighted by molar-refractivity contribution is 6.02. The summed E-state index contributed by atoms with van der Waals surface area (Å²) >= 11 is 0. The fourth-order valence-electron chi connectivity index (χ4n) is 4.01. The molecule has 1 saturated heterocycles. The van der Waals surface area contributed by atoms with Crippen molar-refractivity contribution in [3.05, 3.63) is 48.5 Å². The monoisotopic (exact) mass is 390 g/mol. The summed E-state index contributed by atoms with van der Waals surface area (Å²) in [5.74, 6) is 0. The summed E-state index contributed by atoms with van der Waals surface area (Å²) in [5.41, 5.74) is 3.34. The Kier molecular flexibility index (Phi) is 4.13. The number of fused-ring (bicyclic) bond motifs is 2. The van der Waals surface area contributed by atoms with Gasteiger partial charge >= 0.3 is 6.09 Å². The normalized spacial score (nSPS) is 17.0. The van der Waals surface area contributed by atoms with Crippen molar-refractivity contribution in [1.29, 1.82) is 0 Å². The van der Waals surface area contributed by atoms with Crippen LogP contribution in [0.15, 0.2) is 42.9 Å². The van der Waals surface area contributed by atoms with Crippen LogP contribution in [0.4, 0.5) is 4.79 Å². The van der Waals surface area contributed by atoms with Crippen molar-refractivity contribution < 1.29 is 19.4 Å². The minimum Gasteiger partial charge on any atom is -0.464 e.